The smallest absolute Gasteiger partial charge is 0.137 e. The fraction of sp³-hybridized carbons (Fsp3) is 0.256. The number of ether oxygens (including phenoxy) is 1. The van der Waals surface area contributed by atoms with E-state index in [0.29, 0.717) is 0 Å². The summed E-state index contributed by atoms with van der Waals surface area (Å²) in [4.78, 5) is 4.84. The zero-order valence-corrected chi connectivity index (χ0v) is 29.5. The molecule has 0 atom stereocenters. The van der Waals surface area contributed by atoms with Gasteiger partial charge in [0.2, 0.25) is 0 Å². The van der Waals surface area contributed by atoms with E-state index in [1.54, 1.807) is 0 Å². The molecule has 242 valence electrons. The fourth-order valence-electron chi connectivity index (χ4n) is 6.84. The molecule has 0 radical (unpaired) electrons. The van der Waals surface area contributed by atoms with Gasteiger partial charge in [-0.15, -0.1) is 0 Å². The van der Waals surface area contributed by atoms with Crippen LogP contribution in [0.5, 0.6) is 11.5 Å². The van der Waals surface area contributed by atoms with Crippen molar-refractivity contribution in [3.8, 4) is 34.1 Å². The molecule has 0 N–H and O–H groups in total. The first-order valence-corrected chi connectivity index (χ1v) is 16.7. The number of pyridine rings is 1. The summed E-state index contributed by atoms with van der Waals surface area (Å²) >= 11 is 0. The molecule has 3 aromatic heterocycles. The summed E-state index contributed by atoms with van der Waals surface area (Å²) < 4.78 is 10.9. The van der Waals surface area contributed by atoms with E-state index in [1.807, 2.05) is 17.1 Å². The van der Waals surface area contributed by atoms with Crippen LogP contribution in [0.3, 0.4) is 0 Å². The van der Waals surface area contributed by atoms with Gasteiger partial charge in [-0.3, -0.25) is 4.57 Å². The molecule has 0 saturated carbocycles. The molecule has 0 unspecified atom stereocenters. The minimum absolute atomic E-state index is 0.00757. The molecule has 0 bridgehead atoms. The summed E-state index contributed by atoms with van der Waals surface area (Å²) in [6.45, 7) is 19.9. The molecule has 0 spiro atoms. The van der Waals surface area contributed by atoms with Crippen LogP contribution in [0.4, 0.5) is 0 Å². The lowest BCUT2D eigenvalue weighted by molar-refractivity contribution is 0.478. The van der Waals surface area contributed by atoms with Crippen molar-refractivity contribution in [3.05, 3.63) is 131 Å². The molecule has 0 amide bonds. The van der Waals surface area contributed by atoms with Gasteiger partial charge in [0.15, 0.2) is 0 Å². The zero-order valence-electron chi connectivity index (χ0n) is 29.5. The molecule has 0 fully saturated rings. The first-order valence-electron chi connectivity index (χ1n) is 16.7. The maximum atomic E-state index is 6.72. The Morgan fingerprint density at radius 2 is 1.35 bits per heavy atom. The Morgan fingerprint density at radius 1 is 0.646 bits per heavy atom. The average molecular weight is 633 g/mol. The third kappa shape index (κ3) is 5.79. The normalized spacial score (nSPS) is 12.3. The van der Waals surface area contributed by atoms with Gasteiger partial charge in [0.05, 0.1) is 22.9 Å². The number of fused-ring (bicyclic) bond motifs is 3. The summed E-state index contributed by atoms with van der Waals surface area (Å²) in [6.07, 6.45) is 6.00. The molecule has 0 aliphatic heterocycles. The van der Waals surface area contributed by atoms with E-state index in [-0.39, 0.29) is 10.8 Å². The Balaban J connectivity index is 1.32. The standard InChI is InChI=1S/C43H44N4O/c1-27-18-28(2)41(29(3)19-27)30-25-45-46(26-30)33-20-32(43(7,8)9)21-35(23-33)48-34-14-15-37-36-12-10-11-13-38(36)47(39(37)24-34)40-22-31(16-17-44-40)42(4,5)6/h10-26H,1-9H3. The van der Waals surface area contributed by atoms with Gasteiger partial charge in [-0.2, -0.15) is 5.10 Å². The molecule has 0 aliphatic carbocycles. The van der Waals surface area contributed by atoms with Gasteiger partial charge in [0, 0.05) is 40.9 Å². The van der Waals surface area contributed by atoms with Crippen LogP contribution in [0.25, 0.3) is 44.4 Å². The molecule has 7 aromatic rings. The lowest BCUT2D eigenvalue weighted by Gasteiger charge is -2.21. The van der Waals surface area contributed by atoms with Crippen LogP contribution in [-0.4, -0.2) is 19.3 Å². The second-order valence-corrected chi connectivity index (χ2v) is 15.2. The number of para-hydroxylation sites is 1. The fourth-order valence-corrected chi connectivity index (χ4v) is 6.84. The van der Waals surface area contributed by atoms with Crippen LogP contribution in [0.15, 0.2) is 104 Å². The van der Waals surface area contributed by atoms with Crippen LogP contribution < -0.4 is 4.74 Å². The summed E-state index contributed by atoms with van der Waals surface area (Å²) in [7, 11) is 0. The third-order valence-electron chi connectivity index (χ3n) is 9.29. The van der Waals surface area contributed by atoms with Crippen LogP contribution in [0.1, 0.15) is 69.4 Å². The molecule has 5 heteroatoms. The lowest BCUT2D eigenvalue weighted by Crippen LogP contribution is -2.12. The van der Waals surface area contributed by atoms with E-state index in [0.717, 1.165) is 45.0 Å². The third-order valence-corrected chi connectivity index (χ3v) is 9.29. The summed E-state index contributed by atoms with van der Waals surface area (Å²) in [5.74, 6) is 2.44. The molecule has 7 rings (SSSR count). The van der Waals surface area contributed by atoms with Crippen molar-refractivity contribution in [2.45, 2.75) is 73.1 Å². The maximum absolute atomic E-state index is 6.72. The van der Waals surface area contributed by atoms with E-state index in [2.05, 4.69) is 158 Å². The maximum Gasteiger partial charge on any atom is 0.137 e. The molecular formula is C43H44N4O. The van der Waals surface area contributed by atoms with Gasteiger partial charge >= 0.3 is 0 Å². The Hall–Kier alpha value is -5.16. The molecule has 0 aliphatic rings. The van der Waals surface area contributed by atoms with Crippen molar-refractivity contribution in [2.75, 3.05) is 0 Å². The Kier molecular flexibility index (Phi) is 7.54. The highest BCUT2D eigenvalue weighted by molar-refractivity contribution is 6.09. The van der Waals surface area contributed by atoms with Crippen LogP contribution >= 0.6 is 0 Å². The first kappa shape index (κ1) is 31.4. The summed E-state index contributed by atoms with van der Waals surface area (Å²) in [5.41, 5.74) is 11.6. The number of rotatable bonds is 5. The monoisotopic (exact) mass is 632 g/mol. The molecule has 5 nitrogen and oxygen atoms in total. The number of nitrogens with zero attached hydrogens (tertiary/aromatic N) is 4. The van der Waals surface area contributed by atoms with Crippen LogP contribution in [0.2, 0.25) is 0 Å². The van der Waals surface area contributed by atoms with Gasteiger partial charge in [-0.25, -0.2) is 9.67 Å². The predicted octanol–water partition coefficient (Wildman–Crippen LogP) is 11.3. The van der Waals surface area contributed by atoms with E-state index in [4.69, 9.17) is 14.8 Å². The van der Waals surface area contributed by atoms with Crippen LogP contribution in [0, 0.1) is 20.8 Å². The highest BCUT2D eigenvalue weighted by Gasteiger charge is 2.20. The highest BCUT2D eigenvalue weighted by Crippen LogP contribution is 2.37. The number of aryl methyl sites for hydroxylation is 3. The van der Waals surface area contributed by atoms with E-state index >= 15 is 0 Å². The van der Waals surface area contributed by atoms with E-state index in [9.17, 15) is 0 Å². The molecular weight excluding hydrogens is 589 g/mol. The van der Waals surface area contributed by atoms with Gasteiger partial charge in [-0.05, 0) is 102 Å². The van der Waals surface area contributed by atoms with E-state index < -0.39 is 0 Å². The lowest BCUT2D eigenvalue weighted by atomic mass is 9.86. The second kappa shape index (κ2) is 11.5. The number of hydrogen-bond donors (Lipinski definition) is 0. The van der Waals surface area contributed by atoms with Gasteiger partial charge in [0.25, 0.3) is 0 Å². The Labute approximate surface area is 283 Å². The molecule has 0 saturated heterocycles. The van der Waals surface area contributed by atoms with Gasteiger partial charge in [0.1, 0.15) is 17.3 Å². The Bertz CT molecular complexity index is 2300. The molecule has 4 aromatic carbocycles. The first-order chi connectivity index (χ1) is 22.8. The minimum atomic E-state index is -0.0889. The van der Waals surface area contributed by atoms with Gasteiger partial charge < -0.3 is 4.74 Å². The number of aromatic nitrogens is 4. The second-order valence-electron chi connectivity index (χ2n) is 15.2. The Morgan fingerprint density at radius 3 is 2.08 bits per heavy atom. The number of hydrogen-bond acceptors (Lipinski definition) is 3. The van der Waals surface area contributed by atoms with Gasteiger partial charge in [-0.1, -0.05) is 77.4 Å². The summed E-state index contributed by atoms with van der Waals surface area (Å²) in [6, 6.07) is 30.1. The number of benzene rings is 4. The zero-order chi connectivity index (χ0) is 34.0. The van der Waals surface area contributed by atoms with Crippen molar-refractivity contribution < 1.29 is 4.74 Å². The molecule has 3 heterocycles. The van der Waals surface area contributed by atoms with Crippen molar-refractivity contribution >= 4 is 21.8 Å². The topological polar surface area (TPSA) is 44.9 Å². The minimum Gasteiger partial charge on any atom is -0.457 e. The SMILES string of the molecule is Cc1cc(C)c(-c2cnn(-c3cc(Oc4ccc5c6ccccc6n(-c6cc(C(C)(C)C)ccn6)c5c4)cc(C(C)(C)C)c3)c2)c(C)c1. The van der Waals surface area contributed by atoms with Crippen LogP contribution in [-0.2, 0) is 10.8 Å². The van der Waals surface area contributed by atoms with Crippen molar-refractivity contribution in [3.63, 3.8) is 0 Å². The predicted molar refractivity (Wildman–Crippen MR) is 199 cm³/mol. The summed E-state index contributed by atoms with van der Waals surface area (Å²) in [5, 5.41) is 7.17. The molecule has 48 heavy (non-hydrogen) atoms. The van der Waals surface area contributed by atoms with E-state index in [1.165, 1.54) is 38.8 Å². The van der Waals surface area contributed by atoms with Crippen molar-refractivity contribution in [1.82, 2.24) is 19.3 Å². The largest absolute Gasteiger partial charge is 0.457 e. The van der Waals surface area contributed by atoms with Crippen molar-refractivity contribution in [2.24, 2.45) is 0 Å². The average Bonchev–Trinajstić information content (AvgIpc) is 3.63. The van der Waals surface area contributed by atoms with Crippen molar-refractivity contribution in [1.29, 1.82) is 0 Å². The quantitative estimate of drug-likeness (QED) is 0.190. The highest BCUT2D eigenvalue weighted by atomic mass is 16.5.